The van der Waals surface area contributed by atoms with Gasteiger partial charge in [0.1, 0.15) is 12.2 Å². The molecule has 2 amide bonds. The molecule has 12 heteroatoms. The lowest BCUT2D eigenvalue weighted by Gasteiger charge is -2.46. The fraction of sp³-hybridized carbons (Fsp3) is 0.727. The number of hydrogen-bond acceptors (Lipinski definition) is 6. The van der Waals surface area contributed by atoms with Crippen LogP contribution >= 0.6 is 0 Å². The van der Waals surface area contributed by atoms with Crippen LogP contribution in [-0.2, 0) is 20.9 Å². The van der Waals surface area contributed by atoms with Crippen molar-refractivity contribution in [2.24, 2.45) is 5.92 Å². The van der Waals surface area contributed by atoms with Gasteiger partial charge in [0.05, 0.1) is 6.04 Å². The van der Waals surface area contributed by atoms with E-state index in [4.69, 9.17) is 19.4 Å². The summed E-state index contributed by atoms with van der Waals surface area (Å²) >= 11 is 0. The summed E-state index contributed by atoms with van der Waals surface area (Å²) in [5, 5.41) is 7.12. The predicted molar refractivity (Wildman–Crippen MR) is 162 cm³/mol. The van der Waals surface area contributed by atoms with Crippen molar-refractivity contribution >= 4 is 18.2 Å². The van der Waals surface area contributed by atoms with Gasteiger partial charge < -0.3 is 24.4 Å². The molecule has 9 nitrogen and oxygen atoms in total. The number of alkyl halides is 3. The number of unbranched alkanes of at least 4 members (excludes halogenated alkanes) is 1. The molecule has 0 radical (unpaired) electrons. The van der Waals surface area contributed by atoms with Crippen molar-refractivity contribution in [3.05, 3.63) is 35.9 Å². The van der Waals surface area contributed by atoms with Gasteiger partial charge in [-0.2, -0.15) is 13.2 Å². The minimum Gasteiger partial charge on any atom is -0.475 e. The first-order valence-corrected chi connectivity index (χ1v) is 16.5. The summed E-state index contributed by atoms with van der Waals surface area (Å²) in [7, 11) is 0. The Kier molecular flexibility index (Phi) is 12.4. The number of amides is 2. The Morgan fingerprint density at radius 3 is 2.20 bits per heavy atom. The minimum atomic E-state index is -5.08. The average Bonchev–Trinajstić information content (AvgIpc) is 3.28. The van der Waals surface area contributed by atoms with E-state index in [1.54, 1.807) is 0 Å². The van der Waals surface area contributed by atoms with E-state index in [0.29, 0.717) is 18.6 Å². The molecule has 1 unspecified atom stereocenters. The van der Waals surface area contributed by atoms with Crippen molar-refractivity contribution in [3.8, 4) is 0 Å². The number of carbonyl (C=O) groups is 3. The number of carboxylic acids is 1. The van der Waals surface area contributed by atoms with Crippen LogP contribution in [0.15, 0.2) is 30.3 Å². The summed E-state index contributed by atoms with van der Waals surface area (Å²) in [6.07, 6.45) is 8.24. The van der Waals surface area contributed by atoms with Crippen molar-refractivity contribution in [2.75, 3.05) is 32.7 Å². The number of rotatable bonds is 8. The maximum absolute atomic E-state index is 13.2. The molecule has 1 spiro atoms. The van der Waals surface area contributed by atoms with Gasteiger partial charge in [0.25, 0.3) is 0 Å². The molecule has 0 bridgehead atoms. The van der Waals surface area contributed by atoms with Gasteiger partial charge >= 0.3 is 24.3 Å². The van der Waals surface area contributed by atoms with Crippen molar-refractivity contribution in [1.29, 1.82) is 0 Å². The van der Waals surface area contributed by atoms with E-state index in [1.807, 2.05) is 35.2 Å². The first-order valence-electron chi connectivity index (χ1n) is 16.5. The molecule has 3 saturated heterocycles. The van der Waals surface area contributed by atoms with E-state index in [-0.39, 0.29) is 23.8 Å². The predicted octanol–water partition coefficient (Wildman–Crippen LogP) is 6.85. The highest BCUT2D eigenvalue weighted by molar-refractivity contribution is 5.73. The zero-order chi connectivity index (χ0) is 32.5. The number of benzene rings is 1. The Hall–Kier alpha value is -3.02. The number of aliphatic carboxylic acids is 1. The second kappa shape index (κ2) is 16.0. The van der Waals surface area contributed by atoms with Crippen molar-refractivity contribution in [1.82, 2.24) is 14.7 Å². The lowest BCUT2D eigenvalue weighted by atomic mass is 9.80. The minimum absolute atomic E-state index is 0.0625. The van der Waals surface area contributed by atoms with Crippen molar-refractivity contribution in [3.63, 3.8) is 0 Å². The van der Waals surface area contributed by atoms with E-state index in [1.165, 1.54) is 32.1 Å². The molecule has 5 rings (SSSR count). The van der Waals surface area contributed by atoms with Gasteiger partial charge in [-0.1, -0.05) is 69.4 Å². The zero-order valence-corrected chi connectivity index (χ0v) is 26.3. The van der Waals surface area contributed by atoms with Crippen LogP contribution in [0.25, 0.3) is 0 Å². The number of halogens is 3. The van der Waals surface area contributed by atoms with Crippen LogP contribution in [0.1, 0.15) is 89.5 Å². The summed E-state index contributed by atoms with van der Waals surface area (Å²) in [6, 6.07) is 10.6. The van der Waals surface area contributed by atoms with Gasteiger partial charge in [0.2, 0.25) is 0 Å². The monoisotopic (exact) mass is 639 g/mol. The number of carboxylic acid groups (broad SMARTS) is 1. The summed E-state index contributed by atoms with van der Waals surface area (Å²) in [5.74, 6) is -2.12. The molecule has 1 aromatic carbocycles. The molecule has 4 aliphatic rings. The van der Waals surface area contributed by atoms with E-state index < -0.39 is 12.1 Å². The molecule has 252 valence electrons. The SMILES string of the molecule is CCCCC1N(CC2CCCCC2)C(=O)OC12CCN(C1CCN(C(=O)OCc3ccccc3)CC1)CC2.O=C(O)C(F)(F)F. The molecule has 1 aliphatic carbocycles. The summed E-state index contributed by atoms with van der Waals surface area (Å²) in [5.41, 5.74) is 0.694. The van der Waals surface area contributed by atoms with Crippen LogP contribution in [-0.4, -0.2) is 94.5 Å². The van der Waals surface area contributed by atoms with Crippen molar-refractivity contribution < 1.29 is 42.1 Å². The first kappa shape index (κ1) is 34.8. The van der Waals surface area contributed by atoms with Crippen LogP contribution < -0.4 is 0 Å². The third kappa shape index (κ3) is 9.50. The van der Waals surface area contributed by atoms with E-state index >= 15 is 0 Å². The van der Waals surface area contributed by atoms with E-state index in [9.17, 15) is 22.8 Å². The Morgan fingerprint density at radius 2 is 1.62 bits per heavy atom. The normalized spacial score (nSPS) is 22.9. The first-order chi connectivity index (χ1) is 21.5. The molecular weight excluding hydrogens is 591 g/mol. The van der Waals surface area contributed by atoms with Crippen LogP contribution in [0.4, 0.5) is 22.8 Å². The zero-order valence-electron chi connectivity index (χ0n) is 26.3. The van der Waals surface area contributed by atoms with E-state index in [2.05, 4.69) is 16.7 Å². The molecule has 0 aromatic heterocycles. The largest absolute Gasteiger partial charge is 0.490 e. The van der Waals surface area contributed by atoms with Crippen LogP contribution in [0.2, 0.25) is 0 Å². The number of ether oxygens (including phenoxy) is 2. The van der Waals surface area contributed by atoms with Gasteiger partial charge in [-0.3, -0.25) is 4.90 Å². The molecule has 1 atom stereocenters. The number of hydrogen-bond donors (Lipinski definition) is 1. The molecular formula is C33H48F3N3O6. The van der Waals surface area contributed by atoms with Crippen molar-refractivity contribution in [2.45, 2.75) is 114 Å². The summed E-state index contributed by atoms with van der Waals surface area (Å²) in [6.45, 7) is 6.86. The highest BCUT2D eigenvalue weighted by Crippen LogP contribution is 2.43. The smallest absolute Gasteiger partial charge is 0.475 e. The summed E-state index contributed by atoms with van der Waals surface area (Å²) in [4.78, 5) is 41.2. The number of piperidine rings is 2. The van der Waals surface area contributed by atoms with E-state index in [0.717, 1.165) is 83.2 Å². The Bertz CT molecular complexity index is 1100. The third-order valence-electron chi connectivity index (χ3n) is 9.85. The fourth-order valence-electron chi connectivity index (χ4n) is 7.30. The maximum Gasteiger partial charge on any atom is 0.490 e. The standard InChI is InChI=1S/C31H47N3O4.C2HF3O2/c1-2-3-14-28-31(38-30(36)34(28)23-25-10-6-4-7-11-25)17-21-32(22-18-31)27-15-19-33(20-16-27)29(35)37-24-26-12-8-5-9-13-26;3-2(4,5)1(6)7/h5,8-9,12-13,25,27-28H,2-4,6-7,10-11,14-24H2,1H3;(H,6,7). The third-order valence-corrected chi connectivity index (χ3v) is 9.85. The summed E-state index contributed by atoms with van der Waals surface area (Å²) < 4.78 is 43.6. The van der Waals surface area contributed by atoms with Gasteiger partial charge in [0.15, 0.2) is 0 Å². The highest BCUT2D eigenvalue weighted by atomic mass is 19.4. The van der Waals surface area contributed by atoms with Gasteiger partial charge in [0, 0.05) is 51.6 Å². The Morgan fingerprint density at radius 1 is 1.00 bits per heavy atom. The highest BCUT2D eigenvalue weighted by Gasteiger charge is 2.55. The lowest BCUT2D eigenvalue weighted by molar-refractivity contribution is -0.192. The van der Waals surface area contributed by atoms with Crippen LogP contribution in [0.3, 0.4) is 0 Å². The van der Waals surface area contributed by atoms with Gasteiger partial charge in [-0.05, 0) is 43.6 Å². The van der Waals surface area contributed by atoms with Gasteiger partial charge in [-0.25, -0.2) is 14.4 Å². The lowest BCUT2D eigenvalue weighted by Crippen LogP contribution is -2.56. The quantitative estimate of drug-likeness (QED) is 0.332. The second-order valence-corrected chi connectivity index (χ2v) is 12.8. The topological polar surface area (TPSA) is 99.6 Å². The molecule has 1 saturated carbocycles. The number of carbonyl (C=O) groups excluding carboxylic acids is 2. The molecule has 45 heavy (non-hydrogen) atoms. The molecule has 3 heterocycles. The number of nitrogens with zero attached hydrogens (tertiary/aromatic N) is 3. The van der Waals surface area contributed by atoms with Gasteiger partial charge in [-0.15, -0.1) is 0 Å². The fourth-order valence-corrected chi connectivity index (χ4v) is 7.30. The van der Waals surface area contributed by atoms with Crippen LogP contribution in [0.5, 0.6) is 0 Å². The Labute approximate surface area is 264 Å². The molecule has 1 N–H and O–H groups in total. The second-order valence-electron chi connectivity index (χ2n) is 12.8. The number of likely N-dealkylation sites (tertiary alicyclic amines) is 2. The maximum atomic E-state index is 13.2. The Balaban J connectivity index is 0.000000591. The molecule has 1 aromatic rings. The molecule has 4 fully saturated rings. The molecule has 3 aliphatic heterocycles. The average molecular weight is 640 g/mol. The van der Waals surface area contributed by atoms with Crippen LogP contribution in [0, 0.1) is 5.92 Å².